The van der Waals surface area contributed by atoms with Gasteiger partial charge in [-0.25, -0.2) is 4.39 Å². The molecular weight excluding hydrogens is 371 g/mol. The van der Waals surface area contributed by atoms with Crippen LogP contribution in [0.5, 0.6) is 0 Å². The van der Waals surface area contributed by atoms with E-state index in [0.717, 1.165) is 0 Å². The topological polar surface area (TPSA) is 52.6 Å². The number of carbonyl (C=O) groups is 2. The fourth-order valence-corrected chi connectivity index (χ4v) is 3.09. The fourth-order valence-electron chi connectivity index (χ4n) is 3.09. The molecule has 0 saturated carbocycles. The lowest BCUT2D eigenvalue weighted by molar-refractivity contribution is -0.166. The summed E-state index contributed by atoms with van der Waals surface area (Å²) in [6, 6.07) is 17.2. The number of hydrogen-bond acceptors (Lipinski definition) is 4. The SMILES string of the molecule is C[C@H](CC(=O)OC(C)(C)C)C(=O)O[C@@H](C)C(F)(c1ccccc1)c1ccccc1. The molecule has 156 valence electrons. The highest BCUT2D eigenvalue weighted by Gasteiger charge is 2.43. The van der Waals surface area contributed by atoms with Gasteiger partial charge >= 0.3 is 11.9 Å². The molecule has 2 aromatic rings. The summed E-state index contributed by atoms with van der Waals surface area (Å²) in [6.45, 7) is 8.37. The van der Waals surface area contributed by atoms with Crippen molar-refractivity contribution < 1.29 is 23.5 Å². The Kier molecular flexibility index (Phi) is 7.17. The Morgan fingerprint density at radius 3 is 1.76 bits per heavy atom. The highest BCUT2D eigenvalue weighted by Crippen LogP contribution is 2.39. The molecule has 0 heterocycles. The third kappa shape index (κ3) is 5.89. The van der Waals surface area contributed by atoms with Crippen molar-refractivity contribution in [2.24, 2.45) is 5.92 Å². The van der Waals surface area contributed by atoms with Gasteiger partial charge in [0.1, 0.15) is 11.7 Å². The number of carbonyl (C=O) groups excluding carboxylic acids is 2. The number of esters is 2. The van der Waals surface area contributed by atoms with Crippen molar-refractivity contribution in [3.8, 4) is 0 Å². The van der Waals surface area contributed by atoms with E-state index in [2.05, 4.69) is 0 Å². The van der Waals surface area contributed by atoms with Gasteiger partial charge in [-0.2, -0.15) is 0 Å². The molecule has 0 saturated heterocycles. The van der Waals surface area contributed by atoms with Gasteiger partial charge in [0, 0.05) is 0 Å². The van der Waals surface area contributed by atoms with E-state index < -0.39 is 35.2 Å². The van der Waals surface area contributed by atoms with Crippen LogP contribution in [0.1, 0.15) is 52.2 Å². The molecule has 0 fully saturated rings. The molecule has 2 aromatic carbocycles. The zero-order chi connectivity index (χ0) is 21.7. The molecule has 0 bridgehead atoms. The van der Waals surface area contributed by atoms with Gasteiger partial charge in [-0.15, -0.1) is 0 Å². The Bertz CT molecular complexity index is 772. The van der Waals surface area contributed by atoms with Crippen LogP contribution in [-0.4, -0.2) is 23.6 Å². The van der Waals surface area contributed by atoms with E-state index >= 15 is 4.39 Å². The third-order valence-electron chi connectivity index (χ3n) is 4.54. The maximum atomic E-state index is 16.4. The summed E-state index contributed by atoms with van der Waals surface area (Å²) >= 11 is 0. The second-order valence-electron chi connectivity index (χ2n) is 8.21. The summed E-state index contributed by atoms with van der Waals surface area (Å²) in [4.78, 5) is 24.6. The molecule has 0 amide bonds. The Balaban J connectivity index is 2.19. The Labute approximate surface area is 172 Å². The molecule has 2 atom stereocenters. The average Bonchev–Trinajstić information content (AvgIpc) is 2.67. The van der Waals surface area contributed by atoms with Crippen LogP contribution >= 0.6 is 0 Å². The molecule has 2 rings (SSSR count). The van der Waals surface area contributed by atoms with Gasteiger partial charge in [-0.05, 0) is 38.8 Å². The minimum atomic E-state index is -2.02. The van der Waals surface area contributed by atoms with Gasteiger partial charge < -0.3 is 9.47 Å². The molecule has 0 N–H and O–H groups in total. The predicted molar refractivity (Wildman–Crippen MR) is 110 cm³/mol. The van der Waals surface area contributed by atoms with Crippen LogP contribution in [0.2, 0.25) is 0 Å². The number of rotatable bonds is 7. The van der Waals surface area contributed by atoms with Gasteiger partial charge in [0.2, 0.25) is 0 Å². The van der Waals surface area contributed by atoms with Crippen LogP contribution in [0, 0.1) is 5.92 Å². The first-order chi connectivity index (χ1) is 13.5. The average molecular weight is 400 g/mol. The van der Waals surface area contributed by atoms with Gasteiger partial charge in [0.25, 0.3) is 0 Å². The van der Waals surface area contributed by atoms with Crippen LogP contribution in [0.4, 0.5) is 4.39 Å². The van der Waals surface area contributed by atoms with Crippen LogP contribution in [0.15, 0.2) is 60.7 Å². The van der Waals surface area contributed by atoms with Crippen LogP contribution in [0.25, 0.3) is 0 Å². The van der Waals surface area contributed by atoms with Crippen molar-refractivity contribution in [1.82, 2.24) is 0 Å². The molecule has 0 aliphatic heterocycles. The lowest BCUT2D eigenvalue weighted by Crippen LogP contribution is -2.39. The summed E-state index contributed by atoms with van der Waals surface area (Å²) in [5.74, 6) is -1.88. The molecule has 29 heavy (non-hydrogen) atoms. The Hall–Kier alpha value is -2.69. The zero-order valence-electron chi connectivity index (χ0n) is 17.6. The maximum absolute atomic E-state index is 16.4. The molecule has 0 aliphatic carbocycles. The van der Waals surface area contributed by atoms with E-state index in [1.165, 1.54) is 6.92 Å². The molecule has 0 spiro atoms. The van der Waals surface area contributed by atoms with Crippen LogP contribution < -0.4 is 0 Å². The van der Waals surface area contributed by atoms with Crippen molar-refractivity contribution >= 4 is 11.9 Å². The first-order valence-electron chi connectivity index (χ1n) is 9.76. The van der Waals surface area contributed by atoms with Crippen molar-refractivity contribution in [3.05, 3.63) is 71.8 Å². The quantitative estimate of drug-likeness (QED) is 0.600. The highest BCUT2D eigenvalue weighted by atomic mass is 19.1. The minimum absolute atomic E-state index is 0.126. The van der Waals surface area contributed by atoms with E-state index in [1.54, 1.807) is 88.4 Å². The number of ether oxygens (including phenoxy) is 2. The lowest BCUT2D eigenvalue weighted by Gasteiger charge is -2.32. The number of alkyl halides is 1. The smallest absolute Gasteiger partial charge is 0.309 e. The summed E-state index contributed by atoms with van der Waals surface area (Å²) < 4.78 is 27.1. The van der Waals surface area contributed by atoms with Gasteiger partial charge in [0.15, 0.2) is 5.67 Å². The first-order valence-corrected chi connectivity index (χ1v) is 9.76. The van der Waals surface area contributed by atoms with E-state index in [4.69, 9.17) is 9.47 Å². The number of halogens is 1. The van der Waals surface area contributed by atoms with Crippen LogP contribution in [0.3, 0.4) is 0 Å². The van der Waals surface area contributed by atoms with Crippen molar-refractivity contribution in [2.45, 2.75) is 58.4 Å². The van der Waals surface area contributed by atoms with Gasteiger partial charge in [-0.3, -0.25) is 9.59 Å². The molecule has 5 heteroatoms. The normalized spacial score (nSPS) is 14.0. The Morgan fingerprint density at radius 1 is 0.897 bits per heavy atom. The number of hydrogen-bond donors (Lipinski definition) is 0. The van der Waals surface area contributed by atoms with Crippen LogP contribution in [-0.2, 0) is 24.7 Å². The second kappa shape index (κ2) is 9.21. The maximum Gasteiger partial charge on any atom is 0.309 e. The summed E-state index contributed by atoms with van der Waals surface area (Å²) in [5, 5.41) is 0. The predicted octanol–water partition coefficient (Wildman–Crippen LogP) is 5.20. The molecule has 0 radical (unpaired) electrons. The molecule has 4 nitrogen and oxygen atoms in total. The minimum Gasteiger partial charge on any atom is -0.460 e. The summed E-state index contributed by atoms with van der Waals surface area (Å²) in [6.07, 6.45) is -1.22. The van der Waals surface area contributed by atoms with E-state index in [9.17, 15) is 9.59 Å². The van der Waals surface area contributed by atoms with E-state index in [1.807, 2.05) is 0 Å². The standard InChI is InChI=1S/C24H29FO4/c1-17(16-21(26)29-23(3,4)5)22(27)28-18(2)24(25,19-12-8-6-9-13-19)20-14-10-7-11-15-20/h6-15,17-18H,16H2,1-5H3/t17-,18+/m1/s1. The van der Waals surface area contributed by atoms with Gasteiger partial charge in [0.05, 0.1) is 12.3 Å². The fraction of sp³-hybridized carbons (Fsp3) is 0.417. The van der Waals surface area contributed by atoms with Gasteiger partial charge in [-0.1, -0.05) is 67.6 Å². The largest absolute Gasteiger partial charge is 0.460 e. The van der Waals surface area contributed by atoms with E-state index in [0.29, 0.717) is 11.1 Å². The first kappa shape index (κ1) is 22.6. The van der Waals surface area contributed by atoms with Crippen molar-refractivity contribution in [1.29, 1.82) is 0 Å². The molecule has 0 unspecified atom stereocenters. The van der Waals surface area contributed by atoms with Crippen molar-refractivity contribution in [2.75, 3.05) is 0 Å². The summed E-state index contributed by atoms with van der Waals surface area (Å²) in [7, 11) is 0. The highest BCUT2D eigenvalue weighted by molar-refractivity contribution is 5.80. The molecular formula is C24H29FO4. The van der Waals surface area contributed by atoms with Crippen molar-refractivity contribution in [3.63, 3.8) is 0 Å². The number of benzene rings is 2. The van der Waals surface area contributed by atoms with E-state index in [-0.39, 0.29) is 6.42 Å². The summed E-state index contributed by atoms with van der Waals surface area (Å²) in [5.41, 5.74) is -1.87. The monoisotopic (exact) mass is 400 g/mol. The molecule has 0 aromatic heterocycles. The lowest BCUT2D eigenvalue weighted by atomic mass is 9.84. The molecule has 0 aliphatic rings. The Morgan fingerprint density at radius 2 is 1.34 bits per heavy atom. The zero-order valence-corrected chi connectivity index (χ0v) is 17.6. The third-order valence-corrected chi connectivity index (χ3v) is 4.54. The second-order valence-corrected chi connectivity index (χ2v) is 8.21.